The van der Waals surface area contributed by atoms with Crippen LogP contribution < -0.4 is 0 Å². The number of benzene rings is 2. The molecule has 3 rings (SSSR count). The van der Waals surface area contributed by atoms with Crippen molar-refractivity contribution in [3.8, 4) is 0 Å². The Bertz CT molecular complexity index is 894. The van der Waals surface area contributed by atoms with E-state index in [1.165, 1.54) is 36.8 Å². The highest BCUT2D eigenvalue weighted by atomic mass is 32.2. The van der Waals surface area contributed by atoms with E-state index in [4.69, 9.17) is 4.42 Å². The lowest BCUT2D eigenvalue weighted by molar-refractivity contribution is 0.0747. The second-order valence-electron chi connectivity index (χ2n) is 4.35. The minimum atomic E-state index is -4.12. The molecule has 0 spiro atoms. The fraction of sp³-hybridized carbons (Fsp3) is 0. The van der Waals surface area contributed by atoms with Crippen LogP contribution in [0.1, 0.15) is 10.4 Å². The molecule has 0 saturated heterocycles. The number of rotatable bonds is 3. The topological polar surface area (TPSA) is 73.6 Å². The molecule has 2 aromatic carbocycles. The summed E-state index contributed by atoms with van der Waals surface area (Å²) in [6.45, 7) is 0. The van der Waals surface area contributed by atoms with Crippen LogP contribution in [0.15, 0.2) is 70.4 Å². The van der Waals surface area contributed by atoms with Crippen LogP contribution in [0.2, 0.25) is 0 Å². The van der Waals surface area contributed by atoms with Gasteiger partial charge in [-0.2, -0.15) is 8.42 Å². The molecule has 106 valence electrons. The van der Waals surface area contributed by atoms with Gasteiger partial charge in [0.25, 0.3) is 0 Å². The lowest BCUT2D eigenvalue weighted by Crippen LogP contribution is -2.13. The van der Waals surface area contributed by atoms with Gasteiger partial charge in [-0.25, -0.2) is 4.79 Å². The van der Waals surface area contributed by atoms with E-state index in [-0.39, 0.29) is 10.5 Å². The van der Waals surface area contributed by atoms with Crippen LogP contribution in [0.4, 0.5) is 0 Å². The number of carbonyl (C=O) groups excluding carboxylic acids is 1. The van der Waals surface area contributed by atoms with Gasteiger partial charge in [0.05, 0.1) is 18.1 Å². The lowest BCUT2D eigenvalue weighted by atomic mass is 10.1. The number of carbonyl (C=O) groups is 1. The quantitative estimate of drug-likeness (QED) is 0.695. The van der Waals surface area contributed by atoms with Gasteiger partial charge in [-0.3, -0.25) is 0 Å². The highest BCUT2D eigenvalue weighted by Gasteiger charge is 2.21. The summed E-state index contributed by atoms with van der Waals surface area (Å²) >= 11 is 0. The Kier molecular flexibility index (Phi) is 3.23. The first-order valence-electron chi connectivity index (χ1n) is 6.06. The number of fused-ring (bicyclic) bond motifs is 1. The molecule has 0 aliphatic rings. The molecule has 0 unspecified atom stereocenters. The highest BCUT2D eigenvalue weighted by Crippen LogP contribution is 2.19. The van der Waals surface area contributed by atoms with E-state index < -0.39 is 16.1 Å². The molecule has 6 heteroatoms. The van der Waals surface area contributed by atoms with Gasteiger partial charge in [0.1, 0.15) is 4.90 Å². The zero-order valence-electron chi connectivity index (χ0n) is 10.7. The second-order valence-corrected chi connectivity index (χ2v) is 5.90. The van der Waals surface area contributed by atoms with Crippen LogP contribution in [-0.2, 0) is 14.3 Å². The molecule has 0 radical (unpaired) electrons. The van der Waals surface area contributed by atoms with Crippen LogP contribution in [0.5, 0.6) is 0 Å². The Morgan fingerprint density at radius 3 is 2.43 bits per heavy atom. The Hall–Kier alpha value is -2.60. The molecule has 0 saturated carbocycles. The summed E-state index contributed by atoms with van der Waals surface area (Å²) in [5.41, 5.74) is 0.142. The van der Waals surface area contributed by atoms with Crippen molar-refractivity contribution in [3.63, 3.8) is 0 Å². The average molecular weight is 302 g/mol. The van der Waals surface area contributed by atoms with E-state index >= 15 is 0 Å². The van der Waals surface area contributed by atoms with Crippen molar-refractivity contribution >= 4 is 26.9 Å². The minimum absolute atomic E-state index is 0.0669. The van der Waals surface area contributed by atoms with E-state index in [9.17, 15) is 13.2 Å². The summed E-state index contributed by atoms with van der Waals surface area (Å²) in [6, 6.07) is 12.2. The smallest absolute Gasteiger partial charge is 0.354 e. The van der Waals surface area contributed by atoms with Gasteiger partial charge in [-0.15, -0.1) is 0 Å². The fourth-order valence-corrected chi connectivity index (χ4v) is 2.76. The molecule has 0 N–H and O–H groups in total. The Labute approximate surface area is 120 Å². The van der Waals surface area contributed by atoms with Gasteiger partial charge in [0, 0.05) is 10.8 Å². The molecule has 0 fully saturated rings. The first-order valence-corrected chi connectivity index (χ1v) is 7.47. The molecule has 0 aliphatic carbocycles. The van der Waals surface area contributed by atoms with Crippen molar-refractivity contribution in [1.29, 1.82) is 0 Å². The molecule has 5 nitrogen and oxygen atoms in total. The van der Waals surface area contributed by atoms with Crippen molar-refractivity contribution in [2.75, 3.05) is 0 Å². The van der Waals surface area contributed by atoms with E-state index in [0.29, 0.717) is 5.39 Å². The molecule has 1 heterocycles. The minimum Gasteiger partial charge on any atom is -0.471 e. The maximum absolute atomic E-state index is 12.0. The Balaban J connectivity index is 1.89. The monoisotopic (exact) mass is 302 g/mol. The highest BCUT2D eigenvalue weighted by molar-refractivity contribution is 7.87. The van der Waals surface area contributed by atoms with Crippen LogP contribution in [0, 0.1) is 0 Å². The van der Waals surface area contributed by atoms with Crippen LogP contribution in [0.3, 0.4) is 0 Å². The molecule has 0 amide bonds. The largest absolute Gasteiger partial charge is 0.471 e. The summed E-state index contributed by atoms with van der Waals surface area (Å²) in [4.78, 5) is 11.9. The van der Waals surface area contributed by atoms with E-state index in [0.717, 1.165) is 5.39 Å². The number of hydrogen-bond donors (Lipinski definition) is 0. The van der Waals surface area contributed by atoms with Crippen LogP contribution in [0.25, 0.3) is 10.8 Å². The average Bonchev–Trinajstić information content (AvgIpc) is 2.95. The maximum Gasteiger partial charge on any atom is 0.354 e. The SMILES string of the molecule is O=C(OS(=O)(=O)c1ccccc1)c1ccc2cocc2c1. The zero-order valence-corrected chi connectivity index (χ0v) is 11.5. The molecular formula is C15H10O5S. The number of furan rings is 1. The van der Waals surface area contributed by atoms with Gasteiger partial charge in [0.15, 0.2) is 0 Å². The van der Waals surface area contributed by atoms with Gasteiger partial charge in [-0.1, -0.05) is 24.3 Å². The standard InChI is InChI=1S/C15H10O5S/c16-15(11-6-7-12-9-19-10-13(12)8-11)20-21(17,18)14-4-2-1-3-5-14/h1-10H. The lowest BCUT2D eigenvalue weighted by Gasteiger charge is -2.05. The molecule has 3 aromatic rings. The maximum atomic E-state index is 12.0. The first kappa shape index (κ1) is 13.4. The van der Waals surface area contributed by atoms with Gasteiger partial charge in [0.2, 0.25) is 0 Å². The van der Waals surface area contributed by atoms with E-state index in [1.54, 1.807) is 24.3 Å². The molecule has 1 aromatic heterocycles. The molecule has 21 heavy (non-hydrogen) atoms. The summed E-state index contributed by atoms with van der Waals surface area (Å²) in [5.74, 6) is -0.929. The van der Waals surface area contributed by atoms with Crippen LogP contribution >= 0.6 is 0 Å². The summed E-state index contributed by atoms with van der Waals surface area (Å²) in [6.07, 6.45) is 3.00. The third kappa shape index (κ3) is 2.66. The zero-order chi connectivity index (χ0) is 14.9. The predicted octanol–water partition coefficient (Wildman–Crippen LogP) is 2.98. The van der Waals surface area contributed by atoms with Gasteiger partial charge in [-0.05, 0) is 24.3 Å². The van der Waals surface area contributed by atoms with Gasteiger partial charge >= 0.3 is 16.1 Å². The molecule has 0 aliphatic heterocycles. The predicted molar refractivity (Wildman–Crippen MR) is 75.3 cm³/mol. The molecule has 0 bridgehead atoms. The molecular weight excluding hydrogens is 292 g/mol. The van der Waals surface area contributed by atoms with Crippen molar-refractivity contribution in [2.45, 2.75) is 4.90 Å². The molecule has 0 atom stereocenters. The summed E-state index contributed by atoms with van der Waals surface area (Å²) in [5, 5.41) is 1.51. The first-order chi connectivity index (χ1) is 10.1. The fourth-order valence-electron chi connectivity index (χ4n) is 1.87. The second kappa shape index (κ2) is 5.06. The van der Waals surface area contributed by atoms with Crippen molar-refractivity contribution in [2.24, 2.45) is 0 Å². The van der Waals surface area contributed by atoms with Crippen molar-refractivity contribution in [3.05, 3.63) is 66.6 Å². The normalized spacial score (nSPS) is 11.4. The summed E-state index contributed by atoms with van der Waals surface area (Å²) in [7, 11) is -4.12. The van der Waals surface area contributed by atoms with Crippen molar-refractivity contribution < 1.29 is 21.8 Å². The van der Waals surface area contributed by atoms with Crippen LogP contribution in [-0.4, -0.2) is 14.4 Å². The van der Waals surface area contributed by atoms with E-state index in [1.807, 2.05) is 0 Å². The Morgan fingerprint density at radius 1 is 0.952 bits per heavy atom. The Morgan fingerprint density at radius 2 is 1.67 bits per heavy atom. The van der Waals surface area contributed by atoms with Gasteiger partial charge < -0.3 is 8.60 Å². The van der Waals surface area contributed by atoms with Crippen molar-refractivity contribution in [1.82, 2.24) is 0 Å². The third-order valence-corrected chi connectivity index (χ3v) is 4.15. The third-order valence-electron chi connectivity index (χ3n) is 2.93. The number of hydrogen-bond acceptors (Lipinski definition) is 5. The summed E-state index contributed by atoms with van der Waals surface area (Å²) < 4.78 is 33.6. The van der Waals surface area contributed by atoms with E-state index in [2.05, 4.69) is 4.18 Å².